The van der Waals surface area contributed by atoms with Gasteiger partial charge in [-0.05, 0) is 0 Å². The van der Waals surface area contributed by atoms with Gasteiger partial charge >= 0.3 is 0 Å². The molecule has 0 aromatic rings. The van der Waals surface area contributed by atoms with Gasteiger partial charge in [-0.1, -0.05) is 0 Å². The maximum absolute atomic E-state index is 9.35. The molecule has 0 amide bonds. The van der Waals surface area contributed by atoms with E-state index >= 15 is 0 Å². The first kappa shape index (κ1) is 8.89. The van der Waals surface area contributed by atoms with Gasteiger partial charge in [-0.2, -0.15) is 0 Å². The van der Waals surface area contributed by atoms with Crippen LogP contribution in [0.15, 0.2) is 0 Å². The molecule has 0 unspecified atom stereocenters. The average Bonchev–Trinajstić information content (AvgIpc) is 2.01. The highest BCUT2D eigenvalue weighted by molar-refractivity contribution is 4.88. The van der Waals surface area contributed by atoms with Crippen molar-refractivity contribution in [2.75, 3.05) is 13.7 Å². The molecule has 11 heavy (non-hydrogen) atoms. The molecule has 1 heterocycles. The van der Waals surface area contributed by atoms with Crippen LogP contribution in [0.4, 0.5) is 0 Å². The molecule has 0 aromatic carbocycles. The second kappa shape index (κ2) is 3.46. The number of nitrogens with two attached hydrogens (primary N) is 2. The minimum absolute atomic E-state index is 0.309. The lowest BCUT2D eigenvalue weighted by Crippen LogP contribution is -2.60. The van der Waals surface area contributed by atoms with E-state index in [4.69, 9.17) is 20.9 Å². The van der Waals surface area contributed by atoms with E-state index in [0.29, 0.717) is 6.61 Å². The van der Waals surface area contributed by atoms with Gasteiger partial charge in [-0.15, -0.1) is 0 Å². The normalized spacial score (nSPS) is 45.8. The van der Waals surface area contributed by atoms with Crippen LogP contribution in [-0.2, 0) is 9.47 Å². The number of aliphatic hydroxyl groups is 1. The maximum Gasteiger partial charge on any atom is 0.184 e. The smallest absolute Gasteiger partial charge is 0.184 e. The second-order valence-corrected chi connectivity index (χ2v) is 2.67. The number of hydrogen-bond donors (Lipinski definition) is 3. The van der Waals surface area contributed by atoms with Gasteiger partial charge in [0.2, 0.25) is 0 Å². The van der Waals surface area contributed by atoms with Crippen molar-refractivity contribution in [2.24, 2.45) is 11.5 Å². The van der Waals surface area contributed by atoms with Crippen molar-refractivity contribution in [3.63, 3.8) is 0 Å². The van der Waals surface area contributed by atoms with Gasteiger partial charge in [-0.25, -0.2) is 0 Å². The van der Waals surface area contributed by atoms with Crippen LogP contribution in [0.5, 0.6) is 0 Å². The Bertz CT molecular complexity index is 131. The fraction of sp³-hybridized carbons (Fsp3) is 1.00. The van der Waals surface area contributed by atoms with Crippen LogP contribution >= 0.6 is 0 Å². The van der Waals surface area contributed by atoms with Crippen molar-refractivity contribution in [1.29, 1.82) is 0 Å². The lowest BCUT2D eigenvalue weighted by atomic mass is 10.0. The van der Waals surface area contributed by atoms with Crippen LogP contribution < -0.4 is 11.5 Å². The molecule has 66 valence electrons. The Morgan fingerprint density at radius 1 is 1.55 bits per heavy atom. The van der Waals surface area contributed by atoms with Crippen LogP contribution in [0.2, 0.25) is 0 Å². The third kappa shape index (κ3) is 1.69. The molecule has 1 saturated heterocycles. The highest BCUT2D eigenvalue weighted by Crippen LogP contribution is 2.12. The SMILES string of the molecule is CO[C@H]1OC[C@H](N)[C@@H](N)[C@@H]1O. The standard InChI is InChI=1S/C6H14N2O3/c1-10-6-5(9)4(8)3(7)2-11-6/h3-6,9H,2,7-8H2,1H3/t3-,4+,5-,6-/m0/s1. The molecule has 1 aliphatic heterocycles. The number of hydrogen-bond acceptors (Lipinski definition) is 5. The first-order chi connectivity index (χ1) is 5.16. The Morgan fingerprint density at radius 3 is 2.73 bits per heavy atom. The van der Waals surface area contributed by atoms with Crippen molar-refractivity contribution < 1.29 is 14.6 Å². The monoisotopic (exact) mass is 162 g/mol. The molecule has 0 aliphatic carbocycles. The van der Waals surface area contributed by atoms with Crippen LogP contribution in [0.1, 0.15) is 0 Å². The summed E-state index contributed by atoms with van der Waals surface area (Å²) in [4.78, 5) is 0. The predicted molar refractivity (Wildman–Crippen MR) is 38.7 cm³/mol. The van der Waals surface area contributed by atoms with Crippen LogP contribution in [0.3, 0.4) is 0 Å². The molecule has 5 nitrogen and oxygen atoms in total. The van der Waals surface area contributed by atoms with E-state index in [2.05, 4.69) is 0 Å². The zero-order valence-electron chi connectivity index (χ0n) is 6.43. The van der Waals surface area contributed by atoms with Crippen molar-refractivity contribution in [1.82, 2.24) is 0 Å². The molecule has 0 radical (unpaired) electrons. The van der Waals surface area contributed by atoms with E-state index in [0.717, 1.165) is 0 Å². The van der Waals surface area contributed by atoms with Gasteiger partial charge in [0.15, 0.2) is 6.29 Å². The highest BCUT2D eigenvalue weighted by atomic mass is 16.7. The summed E-state index contributed by atoms with van der Waals surface area (Å²) < 4.78 is 9.86. The molecule has 4 atom stereocenters. The van der Waals surface area contributed by atoms with Crippen molar-refractivity contribution in [3.8, 4) is 0 Å². The fourth-order valence-corrected chi connectivity index (χ4v) is 1.06. The topological polar surface area (TPSA) is 90.7 Å². The van der Waals surface area contributed by atoms with Gasteiger partial charge in [-0.3, -0.25) is 0 Å². The third-order valence-electron chi connectivity index (χ3n) is 1.85. The third-order valence-corrected chi connectivity index (χ3v) is 1.85. The second-order valence-electron chi connectivity index (χ2n) is 2.67. The van der Waals surface area contributed by atoms with E-state index in [9.17, 15) is 5.11 Å². The quantitative estimate of drug-likeness (QED) is 0.415. The zero-order valence-corrected chi connectivity index (χ0v) is 6.43. The number of methoxy groups -OCH3 is 1. The van der Waals surface area contributed by atoms with Gasteiger partial charge in [0.05, 0.1) is 12.6 Å². The molecular formula is C6H14N2O3. The Balaban J connectivity index is 2.52. The van der Waals surface area contributed by atoms with Gasteiger partial charge in [0, 0.05) is 13.2 Å². The van der Waals surface area contributed by atoms with E-state index in [1.165, 1.54) is 7.11 Å². The maximum atomic E-state index is 9.35. The van der Waals surface area contributed by atoms with Crippen molar-refractivity contribution in [2.45, 2.75) is 24.5 Å². The van der Waals surface area contributed by atoms with Crippen LogP contribution in [-0.4, -0.2) is 43.3 Å². The molecule has 0 saturated carbocycles. The first-order valence-corrected chi connectivity index (χ1v) is 3.50. The molecular weight excluding hydrogens is 148 g/mol. The minimum Gasteiger partial charge on any atom is -0.386 e. The fourth-order valence-electron chi connectivity index (χ4n) is 1.06. The largest absolute Gasteiger partial charge is 0.386 e. The molecule has 1 rings (SSSR count). The van der Waals surface area contributed by atoms with E-state index < -0.39 is 18.4 Å². The highest BCUT2D eigenvalue weighted by Gasteiger charge is 2.35. The van der Waals surface area contributed by atoms with Crippen molar-refractivity contribution in [3.05, 3.63) is 0 Å². The number of rotatable bonds is 1. The molecule has 5 heteroatoms. The summed E-state index contributed by atoms with van der Waals surface area (Å²) in [6, 6.07) is -0.773. The molecule has 0 aromatic heterocycles. The van der Waals surface area contributed by atoms with E-state index in [-0.39, 0.29) is 6.04 Å². The lowest BCUT2D eigenvalue weighted by Gasteiger charge is -2.35. The summed E-state index contributed by atoms with van der Waals surface area (Å²) >= 11 is 0. The number of aliphatic hydroxyl groups excluding tert-OH is 1. The predicted octanol–water partition coefficient (Wildman–Crippen LogP) is -2.00. The molecule has 5 N–H and O–H groups in total. The summed E-state index contributed by atoms with van der Waals surface area (Å²) in [6.45, 7) is 0.330. The lowest BCUT2D eigenvalue weighted by molar-refractivity contribution is -0.211. The summed E-state index contributed by atoms with van der Waals surface area (Å²) in [6.07, 6.45) is -1.46. The summed E-state index contributed by atoms with van der Waals surface area (Å²) in [5.41, 5.74) is 11.1. The summed E-state index contributed by atoms with van der Waals surface area (Å²) in [5, 5.41) is 9.35. The van der Waals surface area contributed by atoms with Crippen LogP contribution in [0.25, 0.3) is 0 Å². The zero-order chi connectivity index (χ0) is 8.43. The molecule has 1 fully saturated rings. The number of ether oxygens (including phenoxy) is 2. The average molecular weight is 162 g/mol. The van der Waals surface area contributed by atoms with Gasteiger partial charge < -0.3 is 26.0 Å². The Kier molecular flexibility index (Phi) is 2.80. The Morgan fingerprint density at radius 2 is 2.18 bits per heavy atom. The summed E-state index contributed by atoms with van der Waals surface area (Å²) in [5.74, 6) is 0. The molecule has 0 spiro atoms. The van der Waals surface area contributed by atoms with E-state index in [1.807, 2.05) is 0 Å². The van der Waals surface area contributed by atoms with E-state index in [1.54, 1.807) is 0 Å². The van der Waals surface area contributed by atoms with Gasteiger partial charge in [0.25, 0.3) is 0 Å². The van der Waals surface area contributed by atoms with Crippen molar-refractivity contribution >= 4 is 0 Å². The molecule has 1 aliphatic rings. The Hall–Kier alpha value is -0.200. The Labute approximate surface area is 65.3 Å². The van der Waals surface area contributed by atoms with Gasteiger partial charge in [0.1, 0.15) is 6.10 Å². The first-order valence-electron chi connectivity index (χ1n) is 3.50. The summed E-state index contributed by atoms with van der Waals surface area (Å²) in [7, 11) is 1.46. The minimum atomic E-state index is -0.830. The van der Waals surface area contributed by atoms with Crippen LogP contribution in [0, 0.1) is 0 Å². The molecule has 0 bridgehead atoms.